The number of rotatable bonds is 5. The second-order valence-corrected chi connectivity index (χ2v) is 4.47. The molecule has 1 heterocycles. The molecule has 0 spiro atoms. The first-order valence-electron chi connectivity index (χ1n) is 5.25. The van der Waals surface area contributed by atoms with Gasteiger partial charge in [0.2, 0.25) is 0 Å². The van der Waals surface area contributed by atoms with Crippen LogP contribution in [0.5, 0.6) is 0 Å². The van der Waals surface area contributed by atoms with Crippen LogP contribution in [0.3, 0.4) is 0 Å². The van der Waals surface area contributed by atoms with E-state index in [1.54, 1.807) is 0 Å². The number of thiophene rings is 1. The Labute approximate surface area is 111 Å². The zero-order chi connectivity index (χ0) is 13.8. The van der Waals surface area contributed by atoms with Crippen LogP contribution in [0.1, 0.15) is 5.56 Å². The third-order valence-electron chi connectivity index (χ3n) is 2.48. The second-order valence-electron chi connectivity index (χ2n) is 3.69. The molecule has 0 fully saturated rings. The van der Waals surface area contributed by atoms with Gasteiger partial charge in [-0.15, -0.1) is 0 Å². The van der Waals surface area contributed by atoms with E-state index in [0.29, 0.717) is 5.56 Å². The molecule has 0 saturated heterocycles. The summed E-state index contributed by atoms with van der Waals surface area (Å²) in [7, 11) is 0. The molecule has 98 valence electrons. The summed E-state index contributed by atoms with van der Waals surface area (Å²) in [6.45, 7) is 0.241. The number of nitrogens with one attached hydrogen (secondary N) is 1. The van der Waals surface area contributed by atoms with Gasteiger partial charge in [0.15, 0.2) is 0 Å². The molecule has 2 aromatic rings. The Bertz CT molecular complexity index is 612. The highest BCUT2D eigenvalue weighted by Crippen LogP contribution is 2.25. The van der Waals surface area contributed by atoms with E-state index < -0.39 is 9.85 Å². The van der Waals surface area contributed by atoms with Gasteiger partial charge in [0.1, 0.15) is 0 Å². The molecule has 0 aliphatic carbocycles. The highest BCUT2D eigenvalue weighted by Gasteiger charge is 2.18. The van der Waals surface area contributed by atoms with Crippen molar-refractivity contribution in [2.75, 3.05) is 5.32 Å². The van der Waals surface area contributed by atoms with Gasteiger partial charge in [-0.2, -0.15) is 11.3 Å². The summed E-state index contributed by atoms with van der Waals surface area (Å²) < 4.78 is 0. The number of non-ortho nitro benzene ring substituents is 1. The van der Waals surface area contributed by atoms with Gasteiger partial charge in [-0.1, -0.05) is 0 Å². The number of benzene rings is 1. The Kier molecular flexibility index (Phi) is 3.71. The van der Waals surface area contributed by atoms with Gasteiger partial charge < -0.3 is 5.32 Å². The lowest BCUT2D eigenvalue weighted by molar-refractivity contribution is -0.394. The van der Waals surface area contributed by atoms with Crippen LogP contribution < -0.4 is 5.32 Å². The topological polar surface area (TPSA) is 98.3 Å². The molecule has 1 aromatic heterocycles. The minimum Gasteiger partial charge on any atom is -0.380 e. The van der Waals surface area contributed by atoms with Crippen molar-refractivity contribution in [1.82, 2.24) is 0 Å². The van der Waals surface area contributed by atoms with E-state index in [9.17, 15) is 20.2 Å². The predicted octanol–water partition coefficient (Wildman–Crippen LogP) is 3.18. The number of nitro benzene ring substituents is 2. The highest BCUT2D eigenvalue weighted by molar-refractivity contribution is 7.08. The van der Waals surface area contributed by atoms with Crippen molar-refractivity contribution in [3.8, 4) is 0 Å². The predicted molar refractivity (Wildman–Crippen MR) is 71.4 cm³/mol. The normalized spacial score (nSPS) is 10.1. The molecule has 8 heteroatoms. The van der Waals surface area contributed by atoms with E-state index in [4.69, 9.17) is 0 Å². The van der Waals surface area contributed by atoms with Gasteiger partial charge in [0.25, 0.3) is 11.4 Å². The summed E-state index contributed by atoms with van der Waals surface area (Å²) in [5, 5.41) is 28.3. The van der Waals surface area contributed by atoms with Crippen LogP contribution in [0.4, 0.5) is 17.1 Å². The minimum atomic E-state index is -0.650. The van der Waals surface area contributed by atoms with Gasteiger partial charge >= 0.3 is 0 Å². The van der Waals surface area contributed by atoms with Crippen LogP contribution in [-0.2, 0) is 6.54 Å². The minimum absolute atomic E-state index is 0.241. The molecule has 0 saturated carbocycles. The van der Waals surface area contributed by atoms with Gasteiger partial charge in [-0.25, -0.2) is 0 Å². The maximum absolute atomic E-state index is 10.9. The van der Waals surface area contributed by atoms with Crippen LogP contribution in [0, 0.1) is 20.2 Å². The zero-order valence-electron chi connectivity index (χ0n) is 9.61. The van der Waals surface area contributed by atoms with Crippen molar-refractivity contribution in [1.29, 1.82) is 0 Å². The average molecular weight is 279 g/mol. The molecule has 0 amide bonds. The van der Waals surface area contributed by atoms with Crippen LogP contribution in [0.15, 0.2) is 35.0 Å². The summed E-state index contributed by atoms with van der Waals surface area (Å²) in [5.74, 6) is 0. The van der Waals surface area contributed by atoms with Crippen molar-refractivity contribution in [2.45, 2.75) is 6.54 Å². The zero-order valence-corrected chi connectivity index (χ0v) is 10.4. The summed E-state index contributed by atoms with van der Waals surface area (Å²) in [4.78, 5) is 20.3. The molecule has 0 radical (unpaired) electrons. The van der Waals surface area contributed by atoms with E-state index in [1.165, 1.54) is 23.5 Å². The van der Waals surface area contributed by atoms with Crippen LogP contribution in [0.25, 0.3) is 0 Å². The first kappa shape index (κ1) is 13.0. The summed E-state index contributed by atoms with van der Waals surface area (Å²) in [6, 6.07) is 5.49. The summed E-state index contributed by atoms with van der Waals surface area (Å²) in [6.07, 6.45) is 0. The maximum Gasteiger partial charge on any atom is 0.281 e. The fraction of sp³-hybridized carbons (Fsp3) is 0.0909. The molecule has 2 rings (SSSR count). The average Bonchev–Trinajstić information content (AvgIpc) is 2.89. The van der Waals surface area contributed by atoms with E-state index >= 15 is 0 Å². The number of nitrogens with zero attached hydrogens (tertiary/aromatic N) is 2. The maximum atomic E-state index is 10.9. The van der Waals surface area contributed by atoms with Crippen LogP contribution in [0.2, 0.25) is 0 Å². The monoisotopic (exact) mass is 279 g/mol. The fourth-order valence-electron chi connectivity index (χ4n) is 1.55. The molecule has 19 heavy (non-hydrogen) atoms. The van der Waals surface area contributed by atoms with E-state index in [0.717, 1.165) is 11.8 Å². The van der Waals surface area contributed by atoms with Crippen molar-refractivity contribution in [3.63, 3.8) is 0 Å². The molecule has 0 bridgehead atoms. The van der Waals surface area contributed by atoms with E-state index in [-0.39, 0.29) is 17.9 Å². The lowest BCUT2D eigenvalue weighted by Gasteiger charge is -2.05. The number of hydrogen-bond acceptors (Lipinski definition) is 6. The number of anilines is 1. The quantitative estimate of drug-likeness (QED) is 0.669. The van der Waals surface area contributed by atoms with Gasteiger partial charge in [-0.3, -0.25) is 20.2 Å². The largest absolute Gasteiger partial charge is 0.380 e. The van der Waals surface area contributed by atoms with Crippen molar-refractivity contribution >= 4 is 28.4 Å². The van der Waals surface area contributed by atoms with E-state index in [2.05, 4.69) is 5.32 Å². The molecule has 0 unspecified atom stereocenters. The van der Waals surface area contributed by atoms with Gasteiger partial charge in [-0.05, 0) is 17.5 Å². The molecule has 0 atom stereocenters. The van der Waals surface area contributed by atoms with Gasteiger partial charge in [0, 0.05) is 29.2 Å². The number of nitro groups is 2. The standard InChI is InChI=1S/C11H9N3O4S/c15-13(16)10-2-1-8(11(5-10)14(17)18)6-12-9-3-4-19-7-9/h1-5,7,12H,6H2. The highest BCUT2D eigenvalue weighted by atomic mass is 32.1. The Morgan fingerprint density at radius 2 is 1.95 bits per heavy atom. The number of hydrogen-bond donors (Lipinski definition) is 1. The summed E-state index contributed by atoms with van der Waals surface area (Å²) in [5.41, 5.74) is 0.724. The smallest absolute Gasteiger partial charge is 0.281 e. The molecular formula is C11H9N3O4S. The Morgan fingerprint density at radius 3 is 2.53 bits per heavy atom. The second kappa shape index (κ2) is 5.44. The first-order valence-corrected chi connectivity index (χ1v) is 6.20. The summed E-state index contributed by atoms with van der Waals surface area (Å²) >= 11 is 1.51. The fourth-order valence-corrected chi connectivity index (χ4v) is 2.16. The molecule has 7 nitrogen and oxygen atoms in total. The van der Waals surface area contributed by atoms with Crippen LogP contribution in [-0.4, -0.2) is 9.85 Å². The molecule has 0 aliphatic rings. The molecule has 1 aromatic carbocycles. The van der Waals surface area contributed by atoms with Crippen molar-refractivity contribution in [2.24, 2.45) is 0 Å². The van der Waals surface area contributed by atoms with E-state index in [1.807, 2.05) is 16.8 Å². The van der Waals surface area contributed by atoms with Crippen molar-refractivity contribution < 1.29 is 9.85 Å². The van der Waals surface area contributed by atoms with Crippen molar-refractivity contribution in [3.05, 3.63) is 60.8 Å². The lowest BCUT2D eigenvalue weighted by Crippen LogP contribution is -2.03. The molecular weight excluding hydrogens is 270 g/mol. The van der Waals surface area contributed by atoms with Crippen LogP contribution >= 0.6 is 11.3 Å². The third kappa shape index (κ3) is 3.05. The van der Waals surface area contributed by atoms with Gasteiger partial charge in [0.05, 0.1) is 15.9 Å². The molecule has 1 N–H and O–H groups in total. The SMILES string of the molecule is O=[N+]([O-])c1ccc(CNc2ccsc2)c([N+](=O)[O-])c1. The lowest BCUT2D eigenvalue weighted by atomic mass is 10.1. The first-order chi connectivity index (χ1) is 9.08. The Morgan fingerprint density at radius 1 is 1.16 bits per heavy atom. The Balaban J connectivity index is 2.24. The third-order valence-corrected chi connectivity index (χ3v) is 3.16. The molecule has 0 aliphatic heterocycles. The Hall–Kier alpha value is -2.48.